The Kier molecular flexibility index (Phi) is 7.29. The van der Waals surface area contributed by atoms with Crippen LogP contribution in [0.2, 0.25) is 0 Å². The van der Waals surface area contributed by atoms with Crippen molar-refractivity contribution in [2.24, 2.45) is 5.92 Å². The molecule has 0 amide bonds. The van der Waals surface area contributed by atoms with Crippen molar-refractivity contribution in [3.05, 3.63) is 24.3 Å². The van der Waals surface area contributed by atoms with E-state index in [1.54, 1.807) is 38.3 Å². The number of hydrogen-bond donors (Lipinski definition) is 1. The third-order valence-corrected chi connectivity index (χ3v) is 3.18. The van der Waals surface area contributed by atoms with Crippen LogP contribution in [0, 0.1) is 5.92 Å². The average molecular weight is 293 g/mol. The number of esters is 1. The normalized spacial score (nSPS) is 13.1. The number of carbonyl (C=O) groups excluding carboxylic acids is 2. The maximum atomic E-state index is 12.1. The summed E-state index contributed by atoms with van der Waals surface area (Å²) in [5, 5.41) is 3.09. The lowest BCUT2D eigenvalue weighted by molar-refractivity contribution is -0.146. The molecule has 0 aromatic heterocycles. The number of benzene rings is 1. The lowest BCUT2D eigenvalue weighted by Gasteiger charge is -2.23. The summed E-state index contributed by atoms with van der Waals surface area (Å²) in [6.45, 7) is 4.02. The summed E-state index contributed by atoms with van der Waals surface area (Å²) in [5.74, 6) is -0.0799. The zero-order chi connectivity index (χ0) is 15.7. The molecule has 5 heteroatoms. The molecular formula is C16H23NO4. The monoisotopic (exact) mass is 293 g/mol. The lowest BCUT2D eigenvalue weighted by Crippen LogP contribution is -2.39. The highest BCUT2D eigenvalue weighted by Crippen LogP contribution is 2.20. The van der Waals surface area contributed by atoms with Crippen molar-refractivity contribution in [3.8, 4) is 5.75 Å². The van der Waals surface area contributed by atoms with Gasteiger partial charge < -0.3 is 19.6 Å². The SMILES string of the molecule is CCC[C@@H](C=O)[C@H](Nc1ccc(OC)cc1)C(=O)OCC. The van der Waals surface area contributed by atoms with Crippen LogP contribution in [0.5, 0.6) is 5.75 Å². The maximum Gasteiger partial charge on any atom is 0.329 e. The molecule has 2 atom stereocenters. The number of nitrogens with one attached hydrogen (secondary N) is 1. The van der Waals surface area contributed by atoms with Crippen LogP contribution in [0.1, 0.15) is 26.7 Å². The third kappa shape index (κ3) is 5.10. The second-order valence-corrected chi connectivity index (χ2v) is 4.69. The standard InChI is InChI=1S/C16H23NO4/c1-4-6-12(11-18)15(16(19)21-5-2)17-13-7-9-14(20-3)10-8-13/h7-12,15,17H,4-6H2,1-3H3/t12-,15-/m0/s1. The summed E-state index contributed by atoms with van der Waals surface area (Å²) in [6, 6.07) is 6.52. The van der Waals surface area contributed by atoms with Crippen LogP contribution in [-0.2, 0) is 14.3 Å². The third-order valence-electron chi connectivity index (χ3n) is 3.18. The highest BCUT2D eigenvalue weighted by atomic mass is 16.5. The van der Waals surface area contributed by atoms with Gasteiger partial charge in [-0.2, -0.15) is 0 Å². The average Bonchev–Trinajstić information content (AvgIpc) is 2.51. The van der Waals surface area contributed by atoms with Gasteiger partial charge in [0.1, 0.15) is 18.1 Å². The fraction of sp³-hybridized carbons (Fsp3) is 0.500. The lowest BCUT2D eigenvalue weighted by atomic mass is 9.96. The molecule has 0 aliphatic carbocycles. The molecule has 0 saturated heterocycles. The number of hydrogen-bond acceptors (Lipinski definition) is 5. The molecular weight excluding hydrogens is 270 g/mol. The van der Waals surface area contributed by atoms with Crippen molar-refractivity contribution in [2.75, 3.05) is 19.0 Å². The highest BCUT2D eigenvalue weighted by Gasteiger charge is 2.28. The van der Waals surface area contributed by atoms with Gasteiger partial charge in [0, 0.05) is 11.6 Å². The first kappa shape index (κ1) is 17.0. The molecule has 0 radical (unpaired) electrons. The summed E-state index contributed by atoms with van der Waals surface area (Å²) in [7, 11) is 1.59. The molecule has 0 unspecified atom stereocenters. The van der Waals surface area contributed by atoms with Gasteiger partial charge in [0.05, 0.1) is 13.7 Å². The summed E-state index contributed by atoms with van der Waals surface area (Å²) >= 11 is 0. The number of ether oxygens (including phenoxy) is 2. The Morgan fingerprint density at radius 2 is 1.95 bits per heavy atom. The van der Waals surface area contributed by atoms with Crippen LogP contribution in [0.4, 0.5) is 5.69 Å². The van der Waals surface area contributed by atoms with E-state index < -0.39 is 17.9 Å². The molecule has 1 aromatic rings. The molecule has 0 fully saturated rings. The van der Waals surface area contributed by atoms with Crippen molar-refractivity contribution in [3.63, 3.8) is 0 Å². The Morgan fingerprint density at radius 1 is 1.29 bits per heavy atom. The van der Waals surface area contributed by atoms with Crippen molar-refractivity contribution < 1.29 is 19.1 Å². The Morgan fingerprint density at radius 3 is 2.43 bits per heavy atom. The second kappa shape index (κ2) is 9.00. The molecule has 1 rings (SSSR count). The van der Waals surface area contributed by atoms with Gasteiger partial charge in [-0.25, -0.2) is 4.79 Å². The van der Waals surface area contributed by atoms with Crippen LogP contribution >= 0.6 is 0 Å². The van der Waals surface area contributed by atoms with E-state index in [4.69, 9.17) is 9.47 Å². The van der Waals surface area contributed by atoms with Gasteiger partial charge in [-0.15, -0.1) is 0 Å². The van der Waals surface area contributed by atoms with Gasteiger partial charge in [0.2, 0.25) is 0 Å². The molecule has 0 bridgehead atoms. The zero-order valence-electron chi connectivity index (χ0n) is 12.8. The molecule has 5 nitrogen and oxygen atoms in total. The number of rotatable bonds is 9. The van der Waals surface area contributed by atoms with Crippen LogP contribution in [0.15, 0.2) is 24.3 Å². The Hall–Kier alpha value is -2.04. The second-order valence-electron chi connectivity index (χ2n) is 4.69. The first-order chi connectivity index (χ1) is 10.2. The van der Waals surface area contributed by atoms with Gasteiger partial charge in [-0.05, 0) is 37.6 Å². The molecule has 1 N–H and O–H groups in total. The van der Waals surface area contributed by atoms with E-state index in [9.17, 15) is 9.59 Å². The van der Waals surface area contributed by atoms with Gasteiger partial charge in [0.15, 0.2) is 0 Å². The van der Waals surface area contributed by atoms with Crippen molar-refractivity contribution in [1.29, 1.82) is 0 Å². The topological polar surface area (TPSA) is 64.6 Å². The van der Waals surface area contributed by atoms with Crippen LogP contribution in [0.25, 0.3) is 0 Å². The van der Waals surface area contributed by atoms with Crippen LogP contribution in [0.3, 0.4) is 0 Å². The molecule has 0 aliphatic rings. The van der Waals surface area contributed by atoms with Crippen LogP contribution in [-0.4, -0.2) is 32.0 Å². The van der Waals surface area contributed by atoms with Crippen LogP contribution < -0.4 is 10.1 Å². The van der Waals surface area contributed by atoms with Gasteiger partial charge in [-0.3, -0.25) is 0 Å². The quantitative estimate of drug-likeness (QED) is 0.560. The molecule has 116 valence electrons. The fourth-order valence-electron chi connectivity index (χ4n) is 2.09. The number of methoxy groups -OCH3 is 1. The van der Waals surface area contributed by atoms with Gasteiger partial charge >= 0.3 is 5.97 Å². The molecule has 21 heavy (non-hydrogen) atoms. The van der Waals surface area contributed by atoms with E-state index in [0.717, 1.165) is 24.1 Å². The van der Waals surface area contributed by atoms with E-state index in [-0.39, 0.29) is 6.61 Å². The van der Waals surface area contributed by atoms with Gasteiger partial charge in [0.25, 0.3) is 0 Å². The first-order valence-corrected chi connectivity index (χ1v) is 7.18. The zero-order valence-corrected chi connectivity index (χ0v) is 12.8. The smallest absolute Gasteiger partial charge is 0.329 e. The maximum absolute atomic E-state index is 12.1. The van der Waals surface area contributed by atoms with Gasteiger partial charge in [-0.1, -0.05) is 13.3 Å². The largest absolute Gasteiger partial charge is 0.497 e. The molecule has 1 aromatic carbocycles. The number of aldehydes is 1. The molecule has 0 spiro atoms. The van der Waals surface area contributed by atoms with E-state index in [1.165, 1.54) is 0 Å². The molecule has 0 aliphatic heterocycles. The molecule has 0 saturated carbocycles. The summed E-state index contributed by atoms with van der Waals surface area (Å²) in [5.41, 5.74) is 0.747. The van der Waals surface area contributed by atoms with E-state index in [1.807, 2.05) is 6.92 Å². The Bertz CT molecular complexity index is 444. The number of carbonyl (C=O) groups is 2. The van der Waals surface area contributed by atoms with Crippen molar-refractivity contribution in [1.82, 2.24) is 0 Å². The predicted molar refractivity (Wildman–Crippen MR) is 81.5 cm³/mol. The Labute approximate surface area is 125 Å². The van der Waals surface area contributed by atoms with E-state index in [2.05, 4.69) is 5.32 Å². The van der Waals surface area contributed by atoms with E-state index in [0.29, 0.717) is 6.42 Å². The molecule has 0 heterocycles. The Balaban J connectivity index is 2.88. The fourth-order valence-corrected chi connectivity index (χ4v) is 2.09. The predicted octanol–water partition coefficient (Wildman–Crippen LogP) is 2.65. The van der Waals surface area contributed by atoms with Crippen molar-refractivity contribution >= 4 is 17.9 Å². The first-order valence-electron chi connectivity index (χ1n) is 7.18. The summed E-state index contributed by atoms with van der Waals surface area (Å²) in [4.78, 5) is 23.3. The highest BCUT2D eigenvalue weighted by molar-refractivity contribution is 5.83. The van der Waals surface area contributed by atoms with E-state index >= 15 is 0 Å². The van der Waals surface area contributed by atoms with Crippen molar-refractivity contribution in [2.45, 2.75) is 32.7 Å². The minimum Gasteiger partial charge on any atom is -0.497 e. The minimum atomic E-state index is -0.671. The minimum absolute atomic E-state index is 0.289. The summed E-state index contributed by atoms with van der Waals surface area (Å²) < 4.78 is 10.2. The summed E-state index contributed by atoms with van der Waals surface area (Å²) in [6.07, 6.45) is 2.28. The number of anilines is 1.